The van der Waals surface area contributed by atoms with E-state index in [9.17, 15) is 13.2 Å². The standard InChI is InChI=1S/C13H17F3N2.ClH/c1-10(18-7-5-17-6-8-18)11-3-2-4-12(9-11)13(14,15)16;/h2-4,9-10,17H,5-8H2,1H3;1H/t10-;/m1./s1. The quantitative estimate of drug-likeness (QED) is 0.902. The summed E-state index contributed by atoms with van der Waals surface area (Å²) in [5.41, 5.74) is 0.161. The minimum atomic E-state index is -4.26. The number of halogens is 4. The Balaban J connectivity index is 0.00000180. The van der Waals surface area contributed by atoms with Crippen molar-refractivity contribution in [3.05, 3.63) is 35.4 Å². The van der Waals surface area contributed by atoms with Crippen molar-refractivity contribution in [3.8, 4) is 0 Å². The Morgan fingerprint density at radius 1 is 1.21 bits per heavy atom. The van der Waals surface area contributed by atoms with Gasteiger partial charge in [-0.25, -0.2) is 0 Å². The lowest BCUT2D eigenvalue weighted by Crippen LogP contribution is -2.44. The third kappa shape index (κ3) is 4.09. The van der Waals surface area contributed by atoms with Crippen LogP contribution in [0.5, 0.6) is 0 Å². The Morgan fingerprint density at radius 2 is 1.84 bits per heavy atom. The average Bonchev–Trinajstić information content (AvgIpc) is 2.38. The van der Waals surface area contributed by atoms with Crippen LogP contribution in [0.4, 0.5) is 13.2 Å². The molecular weight excluding hydrogens is 277 g/mol. The first-order chi connectivity index (χ1) is 8.48. The lowest BCUT2D eigenvalue weighted by atomic mass is 10.0. The van der Waals surface area contributed by atoms with Gasteiger partial charge in [-0.1, -0.05) is 12.1 Å². The SMILES string of the molecule is C[C@H](c1cccc(C(F)(F)F)c1)N1CCNCC1.Cl. The third-order valence-electron chi connectivity index (χ3n) is 3.40. The van der Waals surface area contributed by atoms with E-state index in [1.165, 1.54) is 12.1 Å². The topological polar surface area (TPSA) is 15.3 Å². The van der Waals surface area contributed by atoms with Gasteiger partial charge in [-0.05, 0) is 24.6 Å². The van der Waals surface area contributed by atoms with Crippen LogP contribution in [-0.2, 0) is 6.18 Å². The minimum absolute atomic E-state index is 0. The highest BCUT2D eigenvalue weighted by molar-refractivity contribution is 5.85. The molecule has 2 nitrogen and oxygen atoms in total. The lowest BCUT2D eigenvalue weighted by molar-refractivity contribution is -0.137. The van der Waals surface area contributed by atoms with Crippen LogP contribution in [0, 0.1) is 0 Å². The zero-order chi connectivity index (χ0) is 13.2. The maximum atomic E-state index is 12.6. The Hall–Kier alpha value is -0.780. The lowest BCUT2D eigenvalue weighted by Gasteiger charge is -2.33. The first-order valence-electron chi connectivity index (χ1n) is 6.10. The second kappa shape index (κ2) is 6.59. The van der Waals surface area contributed by atoms with E-state index in [1.54, 1.807) is 6.07 Å². The summed E-state index contributed by atoms with van der Waals surface area (Å²) in [6.07, 6.45) is -4.26. The minimum Gasteiger partial charge on any atom is -0.314 e. The van der Waals surface area contributed by atoms with Gasteiger partial charge in [-0.15, -0.1) is 12.4 Å². The van der Waals surface area contributed by atoms with Gasteiger partial charge in [0.05, 0.1) is 5.56 Å². The number of rotatable bonds is 2. The van der Waals surface area contributed by atoms with Gasteiger partial charge >= 0.3 is 6.18 Å². The predicted molar refractivity (Wildman–Crippen MR) is 71.5 cm³/mol. The molecule has 1 aliphatic rings. The number of alkyl halides is 3. The first-order valence-corrected chi connectivity index (χ1v) is 6.10. The van der Waals surface area contributed by atoms with Crippen molar-refractivity contribution < 1.29 is 13.2 Å². The molecule has 0 saturated carbocycles. The summed E-state index contributed by atoms with van der Waals surface area (Å²) in [6, 6.07) is 5.65. The number of piperazine rings is 1. The van der Waals surface area contributed by atoms with Crippen LogP contribution in [0.25, 0.3) is 0 Å². The Labute approximate surface area is 117 Å². The van der Waals surface area contributed by atoms with E-state index in [-0.39, 0.29) is 18.4 Å². The monoisotopic (exact) mass is 294 g/mol. The van der Waals surface area contributed by atoms with E-state index in [4.69, 9.17) is 0 Å². The van der Waals surface area contributed by atoms with Crippen LogP contribution >= 0.6 is 12.4 Å². The fraction of sp³-hybridized carbons (Fsp3) is 0.538. The van der Waals surface area contributed by atoms with E-state index in [0.717, 1.165) is 37.8 Å². The maximum absolute atomic E-state index is 12.6. The number of hydrogen-bond acceptors (Lipinski definition) is 2. The second-order valence-electron chi connectivity index (χ2n) is 4.59. The predicted octanol–water partition coefficient (Wildman–Crippen LogP) is 3.09. The molecule has 1 aliphatic heterocycles. The van der Waals surface area contributed by atoms with Crippen LogP contribution in [0.15, 0.2) is 24.3 Å². The van der Waals surface area contributed by atoms with Crippen LogP contribution < -0.4 is 5.32 Å². The van der Waals surface area contributed by atoms with E-state index < -0.39 is 11.7 Å². The summed E-state index contributed by atoms with van der Waals surface area (Å²) >= 11 is 0. The molecule has 0 aliphatic carbocycles. The van der Waals surface area contributed by atoms with Gasteiger partial charge in [-0.3, -0.25) is 4.90 Å². The highest BCUT2D eigenvalue weighted by Gasteiger charge is 2.31. The fourth-order valence-electron chi connectivity index (χ4n) is 2.26. The van der Waals surface area contributed by atoms with Gasteiger partial charge in [0, 0.05) is 32.2 Å². The van der Waals surface area contributed by atoms with Crippen molar-refractivity contribution in [2.24, 2.45) is 0 Å². The molecule has 1 fully saturated rings. The van der Waals surface area contributed by atoms with Gasteiger partial charge in [0.25, 0.3) is 0 Å². The molecule has 19 heavy (non-hydrogen) atoms. The summed E-state index contributed by atoms with van der Waals surface area (Å²) in [5, 5.41) is 3.24. The maximum Gasteiger partial charge on any atom is 0.416 e. The van der Waals surface area contributed by atoms with Crippen molar-refractivity contribution in [1.82, 2.24) is 10.2 Å². The van der Waals surface area contributed by atoms with Crippen LogP contribution in [0.3, 0.4) is 0 Å². The van der Waals surface area contributed by atoms with Gasteiger partial charge in [-0.2, -0.15) is 13.2 Å². The largest absolute Gasteiger partial charge is 0.416 e. The van der Waals surface area contributed by atoms with E-state index in [0.29, 0.717) is 0 Å². The smallest absolute Gasteiger partial charge is 0.314 e. The summed E-state index contributed by atoms with van der Waals surface area (Å²) in [6.45, 7) is 5.49. The second-order valence-corrected chi connectivity index (χ2v) is 4.59. The van der Waals surface area contributed by atoms with Crippen molar-refractivity contribution in [2.45, 2.75) is 19.1 Å². The summed E-state index contributed by atoms with van der Waals surface area (Å²) in [4.78, 5) is 2.20. The van der Waals surface area contributed by atoms with Gasteiger partial charge in [0.1, 0.15) is 0 Å². The molecule has 0 aromatic heterocycles. The molecule has 1 saturated heterocycles. The zero-order valence-corrected chi connectivity index (χ0v) is 11.5. The highest BCUT2D eigenvalue weighted by atomic mass is 35.5. The molecule has 2 rings (SSSR count). The average molecular weight is 295 g/mol. The molecular formula is C13H18ClF3N2. The normalized spacial score (nSPS) is 18.7. The number of hydrogen-bond donors (Lipinski definition) is 1. The van der Waals surface area contributed by atoms with Crippen LogP contribution in [0.1, 0.15) is 24.1 Å². The van der Waals surface area contributed by atoms with Crippen molar-refractivity contribution >= 4 is 12.4 Å². The Morgan fingerprint density at radius 3 is 2.42 bits per heavy atom. The van der Waals surface area contributed by atoms with Gasteiger partial charge < -0.3 is 5.32 Å². The van der Waals surface area contributed by atoms with Crippen molar-refractivity contribution in [2.75, 3.05) is 26.2 Å². The molecule has 0 amide bonds. The molecule has 108 valence electrons. The molecule has 6 heteroatoms. The molecule has 0 spiro atoms. The van der Waals surface area contributed by atoms with E-state index >= 15 is 0 Å². The molecule has 1 aromatic carbocycles. The summed E-state index contributed by atoms with van der Waals surface area (Å²) in [5.74, 6) is 0. The Bertz CT molecular complexity index is 403. The molecule has 1 N–H and O–H groups in total. The summed E-state index contributed by atoms with van der Waals surface area (Å²) in [7, 11) is 0. The van der Waals surface area contributed by atoms with Crippen molar-refractivity contribution in [1.29, 1.82) is 0 Å². The number of benzene rings is 1. The van der Waals surface area contributed by atoms with Crippen LogP contribution in [-0.4, -0.2) is 31.1 Å². The number of nitrogens with one attached hydrogen (secondary N) is 1. The molecule has 0 unspecified atom stereocenters. The fourth-order valence-corrected chi connectivity index (χ4v) is 2.26. The van der Waals surface area contributed by atoms with Gasteiger partial charge in [0.15, 0.2) is 0 Å². The van der Waals surface area contributed by atoms with E-state index in [2.05, 4.69) is 10.2 Å². The zero-order valence-electron chi connectivity index (χ0n) is 10.7. The molecule has 0 bridgehead atoms. The number of nitrogens with zero attached hydrogens (tertiary/aromatic N) is 1. The first kappa shape index (κ1) is 16.3. The third-order valence-corrected chi connectivity index (χ3v) is 3.40. The Kier molecular flexibility index (Phi) is 5.64. The summed E-state index contributed by atoms with van der Waals surface area (Å²) < 4.78 is 37.9. The highest BCUT2D eigenvalue weighted by Crippen LogP contribution is 2.31. The van der Waals surface area contributed by atoms with Crippen LogP contribution in [0.2, 0.25) is 0 Å². The van der Waals surface area contributed by atoms with E-state index in [1.807, 2.05) is 6.92 Å². The molecule has 0 radical (unpaired) electrons. The molecule has 1 atom stereocenters. The van der Waals surface area contributed by atoms with Gasteiger partial charge in [0.2, 0.25) is 0 Å². The molecule has 1 aromatic rings. The van der Waals surface area contributed by atoms with Crippen molar-refractivity contribution in [3.63, 3.8) is 0 Å². The molecule has 1 heterocycles.